The summed E-state index contributed by atoms with van der Waals surface area (Å²) in [6.07, 6.45) is 40.8. The Morgan fingerprint density at radius 2 is 0.660 bits per heavy atom. The fourth-order valence-corrected chi connectivity index (χ4v) is 6.95. The van der Waals surface area contributed by atoms with Crippen LogP contribution in [0.25, 0.3) is 0 Å². The highest BCUT2D eigenvalue weighted by molar-refractivity contribution is 5.71. The van der Waals surface area contributed by atoms with Gasteiger partial charge >= 0.3 is 17.9 Å². The summed E-state index contributed by atoms with van der Waals surface area (Å²) in [4.78, 5) is 37.7. The molecule has 6 heteroatoms. The first-order valence-corrected chi connectivity index (χ1v) is 23.4. The minimum absolute atomic E-state index is 0.0641. The largest absolute Gasteiger partial charge is 0.462 e. The molecule has 53 heavy (non-hydrogen) atoms. The normalized spacial score (nSPS) is 12.5. The Balaban J connectivity index is 4.32. The second kappa shape index (κ2) is 41.6. The summed E-state index contributed by atoms with van der Waals surface area (Å²) in [5.41, 5.74) is 0. The van der Waals surface area contributed by atoms with Gasteiger partial charge in [-0.05, 0) is 25.2 Å². The van der Waals surface area contributed by atoms with Crippen LogP contribution in [0.3, 0.4) is 0 Å². The molecule has 0 fully saturated rings. The van der Waals surface area contributed by atoms with Crippen LogP contribution in [-0.4, -0.2) is 37.2 Å². The number of unbranched alkanes of at least 4 members (excludes halogenated alkanes) is 28. The summed E-state index contributed by atoms with van der Waals surface area (Å²) in [6.45, 7) is 8.99. The predicted molar refractivity (Wildman–Crippen MR) is 224 cm³/mol. The Bertz CT molecular complexity index is 798. The van der Waals surface area contributed by atoms with Crippen molar-refractivity contribution in [3.8, 4) is 0 Å². The lowest BCUT2D eigenvalue weighted by molar-refractivity contribution is -0.167. The number of esters is 3. The van der Waals surface area contributed by atoms with Gasteiger partial charge in [0.15, 0.2) is 6.10 Å². The third-order valence-electron chi connectivity index (χ3n) is 10.9. The van der Waals surface area contributed by atoms with Crippen LogP contribution in [0.15, 0.2) is 0 Å². The summed E-state index contributed by atoms with van der Waals surface area (Å²) in [6, 6.07) is 0. The van der Waals surface area contributed by atoms with Gasteiger partial charge in [-0.15, -0.1) is 0 Å². The molecule has 0 aromatic rings. The van der Waals surface area contributed by atoms with Gasteiger partial charge in [0.25, 0.3) is 0 Å². The van der Waals surface area contributed by atoms with E-state index in [-0.39, 0.29) is 31.1 Å². The zero-order valence-corrected chi connectivity index (χ0v) is 36.0. The van der Waals surface area contributed by atoms with E-state index in [1.807, 2.05) is 0 Å². The molecule has 0 aromatic heterocycles. The number of rotatable bonds is 42. The molecule has 2 atom stereocenters. The second-order valence-electron chi connectivity index (χ2n) is 16.3. The molecule has 0 aromatic carbocycles. The van der Waals surface area contributed by atoms with Gasteiger partial charge in [-0.1, -0.05) is 220 Å². The summed E-state index contributed by atoms with van der Waals surface area (Å²) >= 11 is 0. The SMILES string of the molecule is CCCCCCCCCCCCCCCCC(=O)O[C@H](COC(=O)CCCCCCCCCCC)COC(=O)CCCCCCCCCCC(C)CC. The number of hydrogen-bond donors (Lipinski definition) is 0. The van der Waals surface area contributed by atoms with Crippen LogP contribution < -0.4 is 0 Å². The molecule has 0 heterocycles. The van der Waals surface area contributed by atoms with Crippen LogP contribution in [0.2, 0.25) is 0 Å². The minimum atomic E-state index is -0.759. The standard InChI is InChI=1S/C47H90O6/c1-5-8-10-12-14-16-17-18-19-20-22-28-32-36-40-47(50)53-44(41-51-45(48)38-34-30-26-21-15-13-11-9-6-2)42-52-46(49)39-35-31-27-24-23-25-29-33-37-43(4)7-3/h43-44H,5-42H2,1-4H3/t43?,44-/m1/s1. The van der Waals surface area contributed by atoms with Crippen molar-refractivity contribution in [1.82, 2.24) is 0 Å². The zero-order chi connectivity index (χ0) is 38.9. The van der Waals surface area contributed by atoms with Crippen LogP contribution in [0.1, 0.15) is 259 Å². The van der Waals surface area contributed by atoms with Crippen molar-refractivity contribution in [1.29, 1.82) is 0 Å². The molecular weight excluding hydrogens is 661 g/mol. The highest BCUT2D eigenvalue weighted by Crippen LogP contribution is 2.17. The van der Waals surface area contributed by atoms with E-state index in [1.54, 1.807) is 0 Å². The lowest BCUT2D eigenvalue weighted by Gasteiger charge is -2.18. The molecule has 0 saturated heterocycles. The van der Waals surface area contributed by atoms with E-state index in [0.717, 1.165) is 63.7 Å². The molecule has 0 bridgehead atoms. The molecule has 0 aliphatic heterocycles. The summed E-state index contributed by atoms with van der Waals surface area (Å²) < 4.78 is 16.7. The quantitative estimate of drug-likeness (QED) is 0.0351. The van der Waals surface area contributed by atoms with Gasteiger partial charge in [-0.25, -0.2) is 0 Å². The van der Waals surface area contributed by atoms with Gasteiger partial charge < -0.3 is 14.2 Å². The maximum Gasteiger partial charge on any atom is 0.306 e. The number of hydrogen-bond acceptors (Lipinski definition) is 6. The van der Waals surface area contributed by atoms with Crippen molar-refractivity contribution in [3.63, 3.8) is 0 Å². The Labute approximate surface area is 329 Å². The van der Waals surface area contributed by atoms with Crippen molar-refractivity contribution < 1.29 is 28.6 Å². The number of carbonyl (C=O) groups excluding carboxylic acids is 3. The van der Waals surface area contributed by atoms with E-state index in [2.05, 4.69) is 27.7 Å². The Hall–Kier alpha value is -1.59. The van der Waals surface area contributed by atoms with E-state index in [4.69, 9.17) is 14.2 Å². The summed E-state index contributed by atoms with van der Waals surface area (Å²) in [5.74, 6) is -0.00740. The molecule has 1 unspecified atom stereocenters. The van der Waals surface area contributed by atoms with E-state index in [0.29, 0.717) is 19.3 Å². The maximum absolute atomic E-state index is 12.7. The Kier molecular flexibility index (Phi) is 40.3. The molecule has 0 rings (SSSR count). The van der Waals surface area contributed by atoms with E-state index in [9.17, 15) is 14.4 Å². The maximum atomic E-state index is 12.7. The van der Waals surface area contributed by atoms with Crippen LogP contribution >= 0.6 is 0 Å². The van der Waals surface area contributed by atoms with Gasteiger partial charge in [0.1, 0.15) is 13.2 Å². The van der Waals surface area contributed by atoms with Gasteiger partial charge in [-0.3, -0.25) is 14.4 Å². The van der Waals surface area contributed by atoms with E-state index >= 15 is 0 Å². The van der Waals surface area contributed by atoms with Crippen LogP contribution in [0, 0.1) is 5.92 Å². The molecule has 6 nitrogen and oxygen atoms in total. The lowest BCUT2D eigenvalue weighted by Crippen LogP contribution is -2.30. The van der Waals surface area contributed by atoms with Crippen molar-refractivity contribution in [2.24, 2.45) is 5.92 Å². The Morgan fingerprint density at radius 3 is 0.981 bits per heavy atom. The van der Waals surface area contributed by atoms with Crippen molar-refractivity contribution in [2.45, 2.75) is 265 Å². The number of ether oxygens (including phenoxy) is 3. The molecule has 314 valence electrons. The van der Waals surface area contributed by atoms with Crippen LogP contribution in [0.5, 0.6) is 0 Å². The van der Waals surface area contributed by atoms with E-state index < -0.39 is 6.10 Å². The summed E-state index contributed by atoms with van der Waals surface area (Å²) in [5, 5.41) is 0. The minimum Gasteiger partial charge on any atom is -0.462 e. The first-order valence-electron chi connectivity index (χ1n) is 23.4. The van der Waals surface area contributed by atoms with Crippen LogP contribution in [0.4, 0.5) is 0 Å². The third-order valence-corrected chi connectivity index (χ3v) is 10.9. The highest BCUT2D eigenvalue weighted by atomic mass is 16.6. The van der Waals surface area contributed by atoms with Crippen LogP contribution in [-0.2, 0) is 28.6 Å². The zero-order valence-electron chi connectivity index (χ0n) is 36.0. The molecule has 0 saturated carbocycles. The third kappa shape index (κ3) is 39.9. The lowest BCUT2D eigenvalue weighted by atomic mass is 9.99. The van der Waals surface area contributed by atoms with Crippen molar-refractivity contribution in [3.05, 3.63) is 0 Å². The predicted octanol–water partition coefficient (Wildman–Crippen LogP) is 14.7. The van der Waals surface area contributed by atoms with Gasteiger partial charge in [0.2, 0.25) is 0 Å². The van der Waals surface area contributed by atoms with Crippen molar-refractivity contribution >= 4 is 17.9 Å². The first kappa shape index (κ1) is 51.4. The smallest absolute Gasteiger partial charge is 0.306 e. The van der Waals surface area contributed by atoms with Gasteiger partial charge in [0, 0.05) is 19.3 Å². The molecular formula is C47H90O6. The molecule has 0 spiro atoms. The average molecular weight is 751 g/mol. The fraction of sp³-hybridized carbons (Fsp3) is 0.936. The number of carbonyl (C=O) groups is 3. The average Bonchev–Trinajstić information content (AvgIpc) is 3.15. The molecule has 0 aliphatic carbocycles. The second-order valence-corrected chi connectivity index (χ2v) is 16.3. The molecule has 0 aliphatic rings. The summed E-state index contributed by atoms with van der Waals surface area (Å²) in [7, 11) is 0. The Morgan fingerprint density at radius 1 is 0.377 bits per heavy atom. The molecule has 0 radical (unpaired) electrons. The monoisotopic (exact) mass is 751 g/mol. The topological polar surface area (TPSA) is 78.9 Å². The molecule has 0 amide bonds. The van der Waals surface area contributed by atoms with E-state index in [1.165, 1.54) is 154 Å². The van der Waals surface area contributed by atoms with Crippen molar-refractivity contribution in [2.75, 3.05) is 13.2 Å². The molecule has 0 N–H and O–H groups in total. The van der Waals surface area contributed by atoms with Gasteiger partial charge in [-0.2, -0.15) is 0 Å². The first-order chi connectivity index (χ1) is 25.9. The fourth-order valence-electron chi connectivity index (χ4n) is 6.95. The van der Waals surface area contributed by atoms with Gasteiger partial charge in [0.05, 0.1) is 0 Å². The highest BCUT2D eigenvalue weighted by Gasteiger charge is 2.19.